The second-order valence-electron chi connectivity index (χ2n) is 5.94. The molecule has 0 aliphatic carbocycles. The number of fused-ring (bicyclic) bond motifs is 1. The van der Waals surface area contributed by atoms with Gasteiger partial charge in [0, 0.05) is 11.4 Å². The molecule has 0 saturated carbocycles. The SMILES string of the molecule is Cc1ccc(Cn2cnc(=O)c3sc(-c4ccccc4)cc32)cc1.O=C=O. The van der Waals surface area contributed by atoms with Gasteiger partial charge in [0.15, 0.2) is 0 Å². The van der Waals surface area contributed by atoms with Crippen molar-refractivity contribution in [2.24, 2.45) is 0 Å². The third-order valence-electron chi connectivity index (χ3n) is 4.06. The zero-order valence-corrected chi connectivity index (χ0v) is 15.4. The molecule has 0 atom stereocenters. The lowest BCUT2D eigenvalue weighted by Gasteiger charge is -2.07. The predicted octanol–water partition coefficient (Wildman–Crippen LogP) is 3.90. The second-order valence-corrected chi connectivity index (χ2v) is 6.99. The van der Waals surface area contributed by atoms with Crippen molar-refractivity contribution in [3.8, 4) is 10.4 Å². The number of aromatic nitrogens is 2. The molecule has 2 heterocycles. The van der Waals surface area contributed by atoms with E-state index in [4.69, 9.17) is 9.59 Å². The van der Waals surface area contributed by atoms with E-state index < -0.39 is 0 Å². The summed E-state index contributed by atoms with van der Waals surface area (Å²) in [6.45, 7) is 2.78. The third-order valence-corrected chi connectivity index (χ3v) is 5.22. The van der Waals surface area contributed by atoms with Gasteiger partial charge in [-0.3, -0.25) is 4.79 Å². The van der Waals surface area contributed by atoms with Crippen LogP contribution in [0.25, 0.3) is 20.7 Å². The first-order chi connectivity index (χ1) is 13.1. The van der Waals surface area contributed by atoms with Gasteiger partial charge in [0.05, 0.1) is 11.8 Å². The Balaban J connectivity index is 0.000000659. The van der Waals surface area contributed by atoms with Crippen molar-refractivity contribution < 1.29 is 9.59 Å². The molecule has 27 heavy (non-hydrogen) atoms. The van der Waals surface area contributed by atoms with Crippen LogP contribution in [0.5, 0.6) is 0 Å². The van der Waals surface area contributed by atoms with E-state index >= 15 is 0 Å². The quantitative estimate of drug-likeness (QED) is 0.544. The minimum Gasteiger partial charge on any atom is -0.326 e. The van der Waals surface area contributed by atoms with Crippen molar-refractivity contribution in [1.29, 1.82) is 0 Å². The Kier molecular flexibility index (Phi) is 5.71. The average Bonchev–Trinajstić information content (AvgIpc) is 3.14. The molecule has 0 N–H and O–H groups in total. The van der Waals surface area contributed by atoms with Gasteiger partial charge in [0.2, 0.25) is 0 Å². The molecule has 0 radical (unpaired) electrons. The summed E-state index contributed by atoms with van der Waals surface area (Å²) in [7, 11) is 0. The molecule has 0 fully saturated rings. The number of benzene rings is 2. The van der Waals surface area contributed by atoms with Gasteiger partial charge in [-0.05, 0) is 24.1 Å². The first kappa shape index (κ1) is 18.5. The van der Waals surface area contributed by atoms with Crippen LogP contribution in [0, 0.1) is 6.92 Å². The van der Waals surface area contributed by atoms with Gasteiger partial charge in [-0.2, -0.15) is 14.6 Å². The van der Waals surface area contributed by atoms with Gasteiger partial charge >= 0.3 is 6.15 Å². The van der Waals surface area contributed by atoms with Crippen LogP contribution in [0.3, 0.4) is 0 Å². The Labute approximate surface area is 159 Å². The summed E-state index contributed by atoms with van der Waals surface area (Å²) < 4.78 is 2.76. The van der Waals surface area contributed by atoms with E-state index in [1.807, 2.05) is 22.8 Å². The molecule has 5 nitrogen and oxygen atoms in total. The molecule has 134 valence electrons. The molecule has 4 aromatic rings. The molecule has 0 bridgehead atoms. The standard InChI is InChI=1S/C20H16N2OS.CO2/c1-14-7-9-15(10-8-14)12-22-13-21-20(23)19-17(22)11-18(24-19)16-5-3-2-4-6-16;2-1-3/h2-11,13H,12H2,1H3;. The Morgan fingerprint density at radius 1 is 1.04 bits per heavy atom. The first-order valence-electron chi connectivity index (χ1n) is 8.21. The minimum absolute atomic E-state index is 0.155. The lowest BCUT2D eigenvalue weighted by atomic mass is 10.1. The Morgan fingerprint density at radius 3 is 2.37 bits per heavy atom. The number of hydrogen-bond acceptors (Lipinski definition) is 5. The monoisotopic (exact) mass is 376 g/mol. The van der Waals surface area contributed by atoms with Crippen molar-refractivity contribution >= 4 is 27.7 Å². The summed E-state index contributed by atoms with van der Waals surface area (Å²) in [6, 6.07) is 20.7. The molecule has 6 heteroatoms. The Bertz CT molecular complexity index is 1140. The van der Waals surface area contributed by atoms with Crippen LogP contribution in [-0.2, 0) is 16.1 Å². The summed E-state index contributed by atoms with van der Waals surface area (Å²) in [4.78, 5) is 33.5. The summed E-state index contributed by atoms with van der Waals surface area (Å²) in [5, 5.41) is 0. The largest absolute Gasteiger partial charge is 0.373 e. The van der Waals surface area contributed by atoms with E-state index in [0.717, 1.165) is 16.0 Å². The predicted molar refractivity (Wildman–Crippen MR) is 105 cm³/mol. The van der Waals surface area contributed by atoms with Crippen LogP contribution >= 0.6 is 11.3 Å². The van der Waals surface area contributed by atoms with Crippen molar-refractivity contribution in [3.63, 3.8) is 0 Å². The lowest BCUT2D eigenvalue weighted by Crippen LogP contribution is -2.11. The van der Waals surface area contributed by atoms with E-state index in [1.54, 1.807) is 6.33 Å². The van der Waals surface area contributed by atoms with Gasteiger partial charge in [-0.25, -0.2) is 0 Å². The fourth-order valence-electron chi connectivity index (χ4n) is 2.75. The number of aryl methyl sites for hydroxylation is 1. The summed E-state index contributed by atoms with van der Waals surface area (Å²) >= 11 is 1.51. The molecule has 0 aliphatic rings. The van der Waals surface area contributed by atoms with E-state index in [1.165, 1.54) is 22.5 Å². The molecule has 0 unspecified atom stereocenters. The van der Waals surface area contributed by atoms with Crippen LogP contribution in [0.1, 0.15) is 11.1 Å². The van der Waals surface area contributed by atoms with Gasteiger partial charge in [0.25, 0.3) is 5.56 Å². The zero-order chi connectivity index (χ0) is 19.2. The summed E-state index contributed by atoms with van der Waals surface area (Å²) in [6.07, 6.45) is 1.89. The van der Waals surface area contributed by atoms with Gasteiger partial charge in [0.1, 0.15) is 4.70 Å². The maximum atomic E-state index is 12.2. The number of nitrogens with zero attached hydrogens (tertiary/aromatic N) is 2. The maximum Gasteiger partial charge on any atom is 0.373 e. The van der Waals surface area contributed by atoms with Gasteiger partial charge < -0.3 is 4.57 Å². The van der Waals surface area contributed by atoms with Crippen molar-refractivity contribution in [1.82, 2.24) is 9.55 Å². The molecular weight excluding hydrogens is 360 g/mol. The minimum atomic E-state index is -0.155. The van der Waals surface area contributed by atoms with E-state index in [0.29, 0.717) is 11.2 Å². The highest BCUT2D eigenvalue weighted by molar-refractivity contribution is 7.22. The molecular formula is C21H16N2O3S. The Morgan fingerprint density at radius 2 is 1.70 bits per heavy atom. The highest BCUT2D eigenvalue weighted by Crippen LogP contribution is 2.31. The fraction of sp³-hybridized carbons (Fsp3) is 0.0952. The molecule has 0 spiro atoms. The normalized spacial score (nSPS) is 10.1. The van der Waals surface area contributed by atoms with Crippen molar-refractivity contribution in [2.45, 2.75) is 13.5 Å². The van der Waals surface area contributed by atoms with Gasteiger partial charge in [-0.15, -0.1) is 11.3 Å². The highest BCUT2D eigenvalue weighted by atomic mass is 32.1. The highest BCUT2D eigenvalue weighted by Gasteiger charge is 2.11. The topological polar surface area (TPSA) is 69.0 Å². The fourth-order valence-corrected chi connectivity index (χ4v) is 3.82. The molecule has 4 rings (SSSR count). The third kappa shape index (κ3) is 4.26. The van der Waals surface area contributed by atoms with E-state index in [9.17, 15) is 4.79 Å². The second kappa shape index (κ2) is 8.36. The summed E-state index contributed by atoms with van der Waals surface area (Å²) in [5.41, 5.74) is 4.35. The molecule has 2 aromatic carbocycles. The van der Waals surface area contributed by atoms with Crippen LogP contribution in [-0.4, -0.2) is 15.7 Å². The van der Waals surface area contributed by atoms with Crippen LogP contribution in [0.2, 0.25) is 0 Å². The zero-order valence-electron chi connectivity index (χ0n) is 14.6. The number of thiophene rings is 1. The number of carbonyl (C=O) groups excluding carboxylic acids is 2. The smallest absolute Gasteiger partial charge is 0.326 e. The molecule has 0 saturated heterocycles. The van der Waals surface area contributed by atoms with Crippen molar-refractivity contribution in [2.75, 3.05) is 0 Å². The first-order valence-corrected chi connectivity index (χ1v) is 9.03. The average molecular weight is 376 g/mol. The van der Waals surface area contributed by atoms with Gasteiger partial charge in [-0.1, -0.05) is 60.2 Å². The number of hydrogen-bond donors (Lipinski definition) is 0. The van der Waals surface area contributed by atoms with Crippen LogP contribution < -0.4 is 5.56 Å². The maximum absolute atomic E-state index is 12.2. The van der Waals surface area contributed by atoms with Crippen LogP contribution in [0.4, 0.5) is 0 Å². The molecule has 0 amide bonds. The van der Waals surface area contributed by atoms with Crippen LogP contribution in [0.15, 0.2) is 71.8 Å². The lowest BCUT2D eigenvalue weighted by molar-refractivity contribution is -0.191. The van der Waals surface area contributed by atoms with E-state index in [2.05, 4.69) is 54.4 Å². The summed E-state index contributed by atoms with van der Waals surface area (Å²) in [5.74, 6) is 0. The van der Waals surface area contributed by atoms with E-state index in [-0.39, 0.29) is 11.7 Å². The van der Waals surface area contributed by atoms with Crippen molar-refractivity contribution in [3.05, 3.63) is 88.5 Å². The molecule has 0 aliphatic heterocycles. The number of rotatable bonds is 3. The Hall–Kier alpha value is -3.34. The molecule has 2 aromatic heterocycles.